The quantitative estimate of drug-likeness (QED) is 0.225. The molecule has 258 valence electrons. The first-order chi connectivity index (χ1) is 24.7. The second kappa shape index (κ2) is 11.9. The highest BCUT2D eigenvalue weighted by Crippen LogP contribution is 2.33. The lowest BCUT2D eigenvalue weighted by atomic mass is 9.91. The number of halogens is 2. The molecule has 7 aromatic rings. The van der Waals surface area contributed by atoms with Crippen LogP contribution in [0.2, 0.25) is 0 Å². The average Bonchev–Trinajstić information content (AvgIpc) is 3.94. The number of hydrogen-bond acceptors (Lipinski definition) is 5. The molecule has 2 N–H and O–H groups in total. The van der Waals surface area contributed by atoms with Crippen LogP contribution in [-0.2, 0) is 17.7 Å². The molecule has 0 bridgehead atoms. The van der Waals surface area contributed by atoms with Gasteiger partial charge in [-0.2, -0.15) is 10.2 Å². The molecule has 1 amide bonds. The van der Waals surface area contributed by atoms with Gasteiger partial charge in [-0.3, -0.25) is 19.0 Å². The fourth-order valence-corrected chi connectivity index (χ4v) is 7.59. The van der Waals surface area contributed by atoms with E-state index in [9.17, 15) is 14.0 Å². The number of carbonyl (C=O) groups is 1. The highest BCUT2D eigenvalue weighted by atomic mass is 19.1. The van der Waals surface area contributed by atoms with E-state index < -0.39 is 5.82 Å². The number of nitrogens with one attached hydrogen (secondary N) is 2. The van der Waals surface area contributed by atoms with Crippen molar-refractivity contribution in [3.63, 3.8) is 0 Å². The van der Waals surface area contributed by atoms with Crippen molar-refractivity contribution in [3.05, 3.63) is 123 Å². The lowest BCUT2D eigenvalue weighted by Gasteiger charge is -2.26. The molecule has 1 fully saturated rings. The van der Waals surface area contributed by atoms with E-state index in [1.54, 1.807) is 66.3 Å². The number of rotatable bonds is 5. The third-order valence-corrected chi connectivity index (χ3v) is 10.3. The number of hydrogen-bond donors (Lipinski definition) is 2. The first-order valence-corrected chi connectivity index (χ1v) is 17.0. The summed E-state index contributed by atoms with van der Waals surface area (Å²) in [6.45, 7) is 5.21. The van der Waals surface area contributed by atoms with Crippen LogP contribution in [0.3, 0.4) is 0 Å². The minimum absolute atomic E-state index is 0.159. The molecule has 4 aromatic heterocycles. The molecule has 0 saturated carbocycles. The molecule has 0 spiro atoms. The molecular formula is C38H34F2N8O3. The largest absolute Gasteiger partial charge is 0.381 e. The lowest BCUT2D eigenvalue weighted by Crippen LogP contribution is -2.36. The Hall–Kier alpha value is -5.82. The van der Waals surface area contributed by atoms with Crippen LogP contribution >= 0.6 is 0 Å². The number of benzene rings is 3. The highest BCUT2D eigenvalue weighted by molar-refractivity contribution is 5.98. The summed E-state index contributed by atoms with van der Waals surface area (Å²) in [5.41, 5.74) is 5.58. The molecule has 0 radical (unpaired) electrons. The molecular weight excluding hydrogens is 654 g/mol. The van der Waals surface area contributed by atoms with Crippen LogP contribution < -0.4 is 5.69 Å². The van der Waals surface area contributed by atoms with Gasteiger partial charge in [-0.15, -0.1) is 0 Å². The second-order valence-electron chi connectivity index (χ2n) is 13.5. The van der Waals surface area contributed by atoms with E-state index in [0.717, 1.165) is 35.0 Å². The molecule has 11 nitrogen and oxygen atoms in total. The van der Waals surface area contributed by atoms with E-state index >= 15 is 4.39 Å². The number of H-pyrrole nitrogens is 2. The van der Waals surface area contributed by atoms with Gasteiger partial charge in [0.05, 0.1) is 40.8 Å². The Morgan fingerprint density at radius 1 is 0.941 bits per heavy atom. The smallest absolute Gasteiger partial charge is 0.338 e. The summed E-state index contributed by atoms with van der Waals surface area (Å²) in [6, 6.07) is 14.2. The van der Waals surface area contributed by atoms with Crippen molar-refractivity contribution >= 4 is 27.7 Å². The predicted molar refractivity (Wildman–Crippen MR) is 187 cm³/mol. The Labute approximate surface area is 290 Å². The normalized spacial score (nSPS) is 15.3. The highest BCUT2D eigenvalue weighted by Gasteiger charge is 2.31. The molecule has 51 heavy (non-hydrogen) atoms. The van der Waals surface area contributed by atoms with Crippen molar-refractivity contribution in [2.24, 2.45) is 0 Å². The molecule has 3 aromatic carbocycles. The maximum absolute atomic E-state index is 15.4. The number of carbonyl (C=O) groups excluding carboxylic acids is 1. The van der Waals surface area contributed by atoms with Crippen molar-refractivity contribution in [2.75, 3.05) is 19.8 Å². The van der Waals surface area contributed by atoms with Crippen molar-refractivity contribution in [3.8, 4) is 17.2 Å². The SMILES string of the molecule is Cc1cc(-n2nc3c(c2-n2ccn(-c4ccc5[nH]ncc5c4)c2=O)CN(C(=O)c2cc4cc(C5CCOCC5)cc(F)c4[nH]2)CC3)cc(C)c1F. The number of ether oxygens (including phenoxy) is 1. The van der Waals surface area contributed by atoms with E-state index in [2.05, 4.69) is 15.2 Å². The molecule has 13 heteroatoms. The van der Waals surface area contributed by atoms with Gasteiger partial charge in [0.15, 0.2) is 0 Å². The van der Waals surface area contributed by atoms with Crippen LogP contribution in [0.5, 0.6) is 0 Å². The summed E-state index contributed by atoms with van der Waals surface area (Å²) in [5.74, 6) is -0.304. The van der Waals surface area contributed by atoms with Gasteiger partial charge < -0.3 is 14.6 Å². The number of aryl methyl sites for hydroxylation is 2. The van der Waals surface area contributed by atoms with E-state index in [4.69, 9.17) is 9.84 Å². The number of fused-ring (bicyclic) bond motifs is 3. The fraction of sp³-hybridized carbons (Fsp3) is 0.263. The van der Waals surface area contributed by atoms with Gasteiger partial charge in [0.2, 0.25) is 0 Å². The van der Waals surface area contributed by atoms with Crippen LogP contribution in [0.25, 0.3) is 39.0 Å². The molecule has 1 saturated heterocycles. The summed E-state index contributed by atoms with van der Waals surface area (Å²) >= 11 is 0. The first kappa shape index (κ1) is 31.2. The van der Waals surface area contributed by atoms with Gasteiger partial charge in [-0.1, -0.05) is 0 Å². The van der Waals surface area contributed by atoms with E-state index in [1.165, 1.54) is 9.13 Å². The van der Waals surface area contributed by atoms with Crippen LogP contribution in [0, 0.1) is 25.5 Å². The zero-order chi connectivity index (χ0) is 35.0. The van der Waals surface area contributed by atoms with Gasteiger partial charge in [0.25, 0.3) is 5.91 Å². The Balaban J connectivity index is 1.11. The molecule has 6 heterocycles. The van der Waals surface area contributed by atoms with Crippen LogP contribution in [0.15, 0.2) is 71.9 Å². The fourth-order valence-electron chi connectivity index (χ4n) is 7.59. The van der Waals surface area contributed by atoms with Gasteiger partial charge >= 0.3 is 5.69 Å². The topological polar surface area (TPSA) is 119 Å². The van der Waals surface area contributed by atoms with E-state index in [0.29, 0.717) is 71.0 Å². The number of aromatic nitrogens is 7. The van der Waals surface area contributed by atoms with Crippen LogP contribution in [0.4, 0.5) is 8.78 Å². The van der Waals surface area contributed by atoms with Crippen LogP contribution in [-0.4, -0.2) is 64.7 Å². The zero-order valence-electron chi connectivity index (χ0n) is 28.0. The maximum Gasteiger partial charge on any atom is 0.338 e. The monoisotopic (exact) mass is 688 g/mol. The average molecular weight is 689 g/mol. The first-order valence-electron chi connectivity index (χ1n) is 17.0. The van der Waals surface area contributed by atoms with Crippen molar-refractivity contribution in [1.82, 2.24) is 39.0 Å². The molecule has 2 aliphatic rings. The Morgan fingerprint density at radius 2 is 1.73 bits per heavy atom. The number of aromatic amines is 2. The Kier molecular flexibility index (Phi) is 7.28. The summed E-state index contributed by atoms with van der Waals surface area (Å²) in [7, 11) is 0. The van der Waals surface area contributed by atoms with Crippen molar-refractivity contribution < 1.29 is 18.3 Å². The van der Waals surface area contributed by atoms with E-state index in [-0.39, 0.29) is 35.6 Å². The number of nitrogens with zero attached hydrogens (tertiary/aromatic N) is 6. The molecule has 2 aliphatic heterocycles. The summed E-state index contributed by atoms with van der Waals surface area (Å²) < 4.78 is 40.3. The van der Waals surface area contributed by atoms with Crippen LogP contribution in [0.1, 0.15) is 57.2 Å². The second-order valence-corrected chi connectivity index (χ2v) is 13.5. The maximum atomic E-state index is 15.4. The Morgan fingerprint density at radius 3 is 2.53 bits per heavy atom. The van der Waals surface area contributed by atoms with E-state index in [1.807, 2.05) is 24.3 Å². The Bertz CT molecular complexity index is 2540. The molecule has 9 rings (SSSR count). The van der Waals surface area contributed by atoms with Gasteiger partial charge in [-0.05, 0) is 97.8 Å². The minimum atomic E-state index is -0.391. The van der Waals surface area contributed by atoms with Gasteiger partial charge in [0, 0.05) is 54.9 Å². The molecule has 0 aliphatic carbocycles. The third-order valence-electron chi connectivity index (χ3n) is 10.3. The number of amides is 1. The summed E-state index contributed by atoms with van der Waals surface area (Å²) in [6.07, 6.45) is 7.15. The zero-order valence-corrected chi connectivity index (χ0v) is 28.0. The summed E-state index contributed by atoms with van der Waals surface area (Å²) in [4.78, 5) is 33.0. The minimum Gasteiger partial charge on any atom is -0.381 e. The van der Waals surface area contributed by atoms with Crippen molar-refractivity contribution in [2.45, 2.75) is 45.6 Å². The number of imidazole rings is 1. The molecule has 0 atom stereocenters. The molecule has 0 unspecified atom stereocenters. The third kappa shape index (κ3) is 5.18. The predicted octanol–water partition coefficient (Wildman–Crippen LogP) is 6.16. The summed E-state index contributed by atoms with van der Waals surface area (Å²) in [5, 5.41) is 13.5. The standard InChI is InChI=1S/C38H34F2N8O3/c1-21-13-28(14-22(2)34(21)40)48-36(47-10-9-46(38(47)50)27-3-4-31-26(16-27)19-41-43-31)29-20-45(8-5-32(29)44-48)37(49)33-18-25-15-24(17-30(39)35(25)42-33)23-6-11-51-12-7-23/h3-4,9-10,13-19,23,42H,5-8,11-12,20H2,1-2H3,(H,41,43). The van der Waals surface area contributed by atoms with Crippen molar-refractivity contribution in [1.29, 1.82) is 0 Å². The lowest BCUT2D eigenvalue weighted by molar-refractivity contribution is 0.0729. The van der Waals surface area contributed by atoms with Gasteiger partial charge in [-0.25, -0.2) is 18.3 Å². The van der Waals surface area contributed by atoms with Gasteiger partial charge in [0.1, 0.15) is 23.1 Å².